The number of carbonyl (C=O) groups excluding carboxylic acids is 1. The van der Waals surface area contributed by atoms with Crippen molar-refractivity contribution in [3.8, 4) is 0 Å². The van der Waals surface area contributed by atoms with Crippen LogP contribution in [0, 0.1) is 0 Å². The van der Waals surface area contributed by atoms with Crippen LogP contribution < -0.4 is 0 Å². The highest BCUT2D eigenvalue weighted by Gasteiger charge is 2.33. The fourth-order valence-corrected chi connectivity index (χ4v) is 2.48. The fraction of sp³-hybridized carbons (Fsp3) is 0.857. The van der Waals surface area contributed by atoms with Crippen molar-refractivity contribution in [2.75, 3.05) is 6.61 Å². The van der Waals surface area contributed by atoms with E-state index in [2.05, 4.69) is 0 Å². The number of rotatable bonds is 6. The first-order valence-electron chi connectivity index (χ1n) is 7.25. The van der Waals surface area contributed by atoms with Crippen LogP contribution in [-0.4, -0.2) is 40.8 Å². The molecule has 0 heterocycles. The molecule has 19 heavy (non-hydrogen) atoms. The van der Waals surface area contributed by atoms with Crippen molar-refractivity contribution >= 4 is 12.1 Å². The van der Waals surface area contributed by atoms with E-state index in [1.165, 1.54) is 4.90 Å². The number of unbranched alkanes of at least 4 members (excludes halogenated alkanes) is 1. The summed E-state index contributed by atoms with van der Waals surface area (Å²) in [5.41, 5.74) is 0. The first kappa shape index (κ1) is 15.8. The molecule has 1 atom stereocenters. The molecule has 1 fully saturated rings. The van der Waals surface area contributed by atoms with Gasteiger partial charge in [-0.15, -0.1) is 0 Å². The zero-order valence-corrected chi connectivity index (χ0v) is 11.9. The molecule has 0 aromatic carbocycles. The predicted molar refractivity (Wildman–Crippen MR) is 72.1 cm³/mol. The molecule has 0 aromatic rings. The van der Waals surface area contributed by atoms with Crippen LogP contribution in [0.4, 0.5) is 4.79 Å². The Morgan fingerprint density at radius 1 is 1.32 bits per heavy atom. The minimum Gasteiger partial charge on any atom is -0.480 e. The highest BCUT2D eigenvalue weighted by atomic mass is 16.6. The molecule has 0 saturated heterocycles. The molecule has 5 nitrogen and oxygen atoms in total. The van der Waals surface area contributed by atoms with Crippen LogP contribution in [0.1, 0.15) is 58.8 Å². The van der Waals surface area contributed by atoms with E-state index in [4.69, 9.17) is 9.84 Å². The Morgan fingerprint density at radius 3 is 2.47 bits per heavy atom. The molecule has 0 bridgehead atoms. The number of hydrogen-bond acceptors (Lipinski definition) is 3. The molecule has 0 unspecified atom stereocenters. The van der Waals surface area contributed by atoms with Gasteiger partial charge in [0.1, 0.15) is 6.04 Å². The van der Waals surface area contributed by atoms with Crippen molar-refractivity contribution in [1.82, 2.24) is 4.90 Å². The molecular formula is C14H25NO4. The molecule has 110 valence electrons. The number of nitrogens with zero attached hydrogens (tertiary/aromatic N) is 1. The molecule has 0 aliphatic heterocycles. The first-order valence-corrected chi connectivity index (χ1v) is 7.25. The van der Waals surface area contributed by atoms with E-state index >= 15 is 0 Å². The first-order chi connectivity index (χ1) is 9.07. The van der Waals surface area contributed by atoms with Crippen molar-refractivity contribution in [1.29, 1.82) is 0 Å². The van der Waals surface area contributed by atoms with Gasteiger partial charge in [0.2, 0.25) is 0 Å². The summed E-state index contributed by atoms with van der Waals surface area (Å²) in [6.45, 7) is 3.94. The maximum Gasteiger partial charge on any atom is 0.410 e. The van der Waals surface area contributed by atoms with Gasteiger partial charge >= 0.3 is 12.1 Å². The van der Waals surface area contributed by atoms with Crippen molar-refractivity contribution in [3.05, 3.63) is 0 Å². The second kappa shape index (κ2) is 8.02. The molecule has 1 saturated carbocycles. The number of aliphatic carboxylic acids is 1. The van der Waals surface area contributed by atoms with Crippen LogP contribution in [0.2, 0.25) is 0 Å². The van der Waals surface area contributed by atoms with Crippen molar-refractivity contribution in [2.24, 2.45) is 0 Å². The van der Waals surface area contributed by atoms with Crippen LogP contribution in [0.25, 0.3) is 0 Å². The molecule has 1 aliphatic rings. The largest absolute Gasteiger partial charge is 0.480 e. The second-order valence-corrected chi connectivity index (χ2v) is 5.18. The Balaban J connectivity index is 2.67. The average Bonchev–Trinajstić information content (AvgIpc) is 2.40. The lowest BCUT2D eigenvalue weighted by atomic mass is 9.93. The van der Waals surface area contributed by atoms with Crippen LogP contribution in [0.5, 0.6) is 0 Å². The normalized spacial score (nSPS) is 17.8. The predicted octanol–water partition coefficient (Wildman–Crippen LogP) is 3.03. The van der Waals surface area contributed by atoms with Gasteiger partial charge in [-0.25, -0.2) is 9.59 Å². The zero-order valence-electron chi connectivity index (χ0n) is 11.9. The summed E-state index contributed by atoms with van der Waals surface area (Å²) in [6.07, 6.45) is 6.30. The number of ether oxygens (including phenoxy) is 1. The summed E-state index contributed by atoms with van der Waals surface area (Å²) in [5, 5.41) is 9.15. The zero-order chi connectivity index (χ0) is 14.3. The van der Waals surface area contributed by atoms with E-state index in [0.29, 0.717) is 6.61 Å². The summed E-state index contributed by atoms with van der Waals surface area (Å²) >= 11 is 0. The van der Waals surface area contributed by atoms with Gasteiger partial charge in [0.15, 0.2) is 0 Å². The topological polar surface area (TPSA) is 66.8 Å². The van der Waals surface area contributed by atoms with Crippen molar-refractivity contribution in [2.45, 2.75) is 70.9 Å². The molecule has 1 amide bonds. The smallest absolute Gasteiger partial charge is 0.410 e. The van der Waals surface area contributed by atoms with Crippen LogP contribution >= 0.6 is 0 Å². The summed E-state index contributed by atoms with van der Waals surface area (Å²) in [6, 6.07) is -0.814. The van der Waals surface area contributed by atoms with Crippen molar-refractivity contribution in [3.63, 3.8) is 0 Å². The number of hydrogen-bond donors (Lipinski definition) is 1. The van der Waals surface area contributed by atoms with Gasteiger partial charge in [-0.1, -0.05) is 32.6 Å². The molecular weight excluding hydrogens is 246 g/mol. The standard InChI is InChI=1S/C14H25NO4/c1-3-4-10-19-14(18)15(11(2)13(16)17)12-8-6-5-7-9-12/h11-12H,3-10H2,1-2H3,(H,16,17)/t11-/m0/s1. The van der Waals surface area contributed by atoms with E-state index in [-0.39, 0.29) is 6.04 Å². The molecule has 1 aliphatic carbocycles. The van der Waals surface area contributed by atoms with E-state index in [1.54, 1.807) is 6.92 Å². The maximum atomic E-state index is 12.1. The second-order valence-electron chi connectivity index (χ2n) is 5.18. The van der Waals surface area contributed by atoms with Gasteiger partial charge < -0.3 is 9.84 Å². The lowest BCUT2D eigenvalue weighted by Crippen LogP contribution is -2.50. The highest BCUT2D eigenvalue weighted by molar-refractivity contribution is 5.79. The Hall–Kier alpha value is -1.26. The van der Waals surface area contributed by atoms with Gasteiger partial charge in [0.25, 0.3) is 0 Å². The fourth-order valence-electron chi connectivity index (χ4n) is 2.48. The summed E-state index contributed by atoms with van der Waals surface area (Å²) in [4.78, 5) is 24.7. The van der Waals surface area contributed by atoms with Crippen LogP contribution in [0.15, 0.2) is 0 Å². The van der Waals surface area contributed by atoms with Crippen LogP contribution in [-0.2, 0) is 9.53 Å². The average molecular weight is 271 g/mol. The lowest BCUT2D eigenvalue weighted by molar-refractivity contribution is -0.143. The maximum absolute atomic E-state index is 12.1. The molecule has 0 radical (unpaired) electrons. The minimum absolute atomic E-state index is 0.00831. The van der Waals surface area contributed by atoms with Gasteiger partial charge in [-0.3, -0.25) is 4.90 Å². The molecule has 1 N–H and O–H groups in total. The van der Waals surface area contributed by atoms with Gasteiger partial charge in [-0.2, -0.15) is 0 Å². The molecule has 0 spiro atoms. The third-order valence-electron chi connectivity index (χ3n) is 3.68. The van der Waals surface area contributed by atoms with E-state index in [9.17, 15) is 9.59 Å². The van der Waals surface area contributed by atoms with E-state index < -0.39 is 18.1 Å². The third kappa shape index (κ3) is 4.73. The quantitative estimate of drug-likeness (QED) is 0.754. The summed E-state index contributed by atoms with van der Waals surface area (Å²) in [5.74, 6) is -0.974. The Bertz CT molecular complexity index is 300. The Morgan fingerprint density at radius 2 is 1.95 bits per heavy atom. The van der Waals surface area contributed by atoms with Gasteiger partial charge in [0, 0.05) is 6.04 Å². The SMILES string of the molecule is CCCCOC(=O)N(C1CCCCC1)[C@@H](C)C(=O)O. The van der Waals surface area contributed by atoms with E-state index in [1.807, 2.05) is 6.92 Å². The van der Waals surface area contributed by atoms with Gasteiger partial charge in [-0.05, 0) is 26.2 Å². The number of amides is 1. The van der Waals surface area contributed by atoms with E-state index in [0.717, 1.165) is 44.9 Å². The molecule has 1 rings (SSSR count). The third-order valence-corrected chi connectivity index (χ3v) is 3.68. The van der Waals surface area contributed by atoms with Crippen LogP contribution in [0.3, 0.4) is 0 Å². The number of carbonyl (C=O) groups is 2. The van der Waals surface area contributed by atoms with Crippen molar-refractivity contribution < 1.29 is 19.4 Å². The number of carboxylic acids is 1. The molecule has 0 aromatic heterocycles. The van der Waals surface area contributed by atoms with Gasteiger partial charge in [0.05, 0.1) is 6.61 Å². The number of carboxylic acid groups (broad SMARTS) is 1. The highest BCUT2D eigenvalue weighted by Crippen LogP contribution is 2.25. The summed E-state index contributed by atoms with van der Waals surface area (Å²) < 4.78 is 5.19. The lowest BCUT2D eigenvalue weighted by Gasteiger charge is -2.36. The Kier molecular flexibility index (Phi) is 6.67. The minimum atomic E-state index is -0.974. The molecule has 5 heteroatoms. The summed E-state index contributed by atoms with van der Waals surface area (Å²) in [7, 11) is 0. The Labute approximate surface area is 114 Å². The monoisotopic (exact) mass is 271 g/mol.